The second-order valence-electron chi connectivity index (χ2n) is 6.03. The molecule has 1 aromatic carbocycles. The molecule has 4 nitrogen and oxygen atoms in total. The SMILES string of the molecule is O=C(Cc1ccc(Cl)cc1)N1CCc2nc3ccncc3cc2C1. The average Bonchev–Trinajstić information content (AvgIpc) is 2.61. The third-order valence-corrected chi connectivity index (χ3v) is 4.64. The van der Waals surface area contributed by atoms with Crippen molar-refractivity contribution in [2.24, 2.45) is 0 Å². The number of pyridine rings is 2. The summed E-state index contributed by atoms with van der Waals surface area (Å²) in [6.07, 6.45) is 4.76. The van der Waals surface area contributed by atoms with Gasteiger partial charge in [0.1, 0.15) is 0 Å². The highest BCUT2D eigenvalue weighted by molar-refractivity contribution is 6.30. The van der Waals surface area contributed by atoms with Gasteiger partial charge in [-0.2, -0.15) is 0 Å². The Morgan fingerprint density at radius 2 is 2.04 bits per heavy atom. The average molecular weight is 338 g/mol. The first kappa shape index (κ1) is 15.1. The van der Waals surface area contributed by atoms with Gasteiger partial charge in [-0.05, 0) is 35.4 Å². The molecule has 0 fully saturated rings. The van der Waals surface area contributed by atoms with Gasteiger partial charge in [-0.3, -0.25) is 14.8 Å². The summed E-state index contributed by atoms with van der Waals surface area (Å²) in [6, 6.07) is 11.5. The molecule has 0 radical (unpaired) electrons. The lowest BCUT2D eigenvalue weighted by Crippen LogP contribution is -2.37. The van der Waals surface area contributed by atoms with Crippen LogP contribution in [0.25, 0.3) is 10.9 Å². The van der Waals surface area contributed by atoms with E-state index in [2.05, 4.69) is 11.1 Å². The van der Waals surface area contributed by atoms with Gasteiger partial charge in [0.15, 0.2) is 0 Å². The lowest BCUT2D eigenvalue weighted by Gasteiger charge is -2.28. The summed E-state index contributed by atoms with van der Waals surface area (Å²) in [5.74, 6) is 0.134. The van der Waals surface area contributed by atoms with Crippen LogP contribution in [0.15, 0.2) is 48.8 Å². The quantitative estimate of drug-likeness (QED) is 0.720. The fourth-order valence-electron chi connectivity index (χ4n) is 3.08. The standard InChI is InChI=1S/C19H16ClN3O/c20-16-3-1-13(2-4-16)9-19(24)23-8-6-18-15(12-23)10-14-11-21-7-5-17(14)22-18/h1-5,7,10-11H,6,8-9,12H2. The molecule has 0 spiro atoms. The minimum Gasteiger partial charge on any atom is -0.338 e. The minimum absolute atomic E-state index is 0.134. The highest BCUT2D eigenvalue weighted by Crippen LogP contribution is 2.22. The number of hydrogen-bond donors (Lipinski definition) is 0. The van der Waals surface area contributed by atoms with Gasteiger partial charge in [0.2, 0.25) is 5.91 Å². The Morgan fingerprint density at radius 1 is 1.21 bits per heavy atom. The number of aromatic nitrogens is 2. The van der Waals surface area contributed by atoms with Gasteiger partial charge < -0.3 is 4.90 Å². The van der Waals surface area contributed by atoms with Crippen LogP contribution in [0.4, 0.5) is 0 Å². The number of halogens is 1. The molecular weight excluding hydrogens is 322 g/mol. The van der Waals surface area contributed by atoms with Crippen molar-refractivity contribution < 1.29 is 4.79 Å². The topological polar surface area (TPSA) is 46.1 Å². The lowest BCUT2D eigenvalue weighted by molar-refractivity contribution is -0.131. The number of carbonyl (C=O) groups excluding carboxylic acids is 1. The molecule has 4 rings (SSSR count). The zero-order valence-electron chi connectivity index (χ0n) is 13.1. The summed E-state index contributed by atoms with van der Waals surface area (Å²) in [6.45, 7) is 1.32. The Bertz CT molecular complexity index is 908. The van der Waals surface area contributed by atoms with E-state index in [4.69, 9.17) is 16.6 Å². The number of hydrogen-bond acceptors (Lipinski definition) is 3. The molecule has 0 N–H and O–H groups in total. The van der Waals surface area contributed by atoms with Crippen LogP contribution in [0, 0.1) is 0 Å². The van der Waals surface area contributed by atoms with Crippen LogP contribution >= 0.6 is 11.6 Å². The van der Waals surface area contributed by atoms with Crippen molar-refractivity contribution in [2.45, 2.75) is 19.4 Å². The molecule has 1 aliphatic heterocycles. The molecular formula is C19H16ClN3O. The normalized spacial score (nSPS) is 13.8. The second kappa shape index (κ2) is 6.21. The fourth-order valence-corrected chi connectivity index (χ4v) is 3.21. The molecule has 120 valence electrons. The molecule has 0 bridgehead atoms. The van der Waals surface area contributed by atoms with E-state index in [1.54, 1.807) is 6.20 Å². The molecule has 0 unspecified atom stereocenters. The molecule has 0 saturated heterocycles. The van der Waals surface area contributed by atoms with E-state index in [1.165, 1.54) is 0 Å². The van der Waals surface area contributed by atoms with Crippen molar-refractivity contribution in [1.82, 2.24) is 14.9 Å². The Labute approximate surface area is 145 Å². The lowest BCUT2D eigenvalue weighted by atomic mass is 10.0. The third-order valence-electron chi connectivity index (χ3n) is 4.38. The van der Waals surface area contributed by atoms with Gasteiger partial charge in [-0.1, -0.05) is 23.7 Å². The first-order valence-electron chi connectivity index (χ1n) is 7.94. The van der Waals surface area contributed by atoms with Gasteiger partial charge in [0.05, 0.1) is 11.9 Å². The van der Waals surface area contributed by atoms with Gasteiger partial charge in [0.25, 0.3) is 0 Å². The zero-order chi connectivity index (χ0) is 16.5. The molecule has 5 heteroatoms. The van der Waals surface area contributed by atoms with Crippen LogP contribution in [0.5, 0.6) is 0 Å². The van der Waals surface area contributed by atoms with Crippen molar-refractivity contribution in [3.63, 3.8) is 0 Å². The van der Waals surface area contributed by atoms with Gasteiger partial charge in [-0.15, -0.1) is 0 Å². The highest BCUT2D eigenvalue weighted by atomic mass is 35.5. The first-order valence-corrected chi connectivity index (χ1v) is 8.31. The van der Waals surface area contributed by atoms with Crippen molar-refractivity contribution >= 4 is 28.4 Å². The zero-order valence-corrected chi connectivity index (χ0v) is 13.8. The maximum absolute atomic E-state index is 12.6. The summed E-state index contributed by atoms with van der Waals surface area (Å²) >= 11 is 5.89. The molecule has 1 aliphatic rings. The van der Waals surface area contributed by atoms with Crippen molar-refractivity contribution in [2.75, 3.05) is 6.54 Å². The van der Waals surface area contributed by atoms with Crippen LogP contribution in [-0.2, 0) is 24.2 Å². The molecule has 2 aromatic heterocycles. The molecule has 3 heterocycles. The van der Waals surface area contributed by atoms with E-state index < -0.39 is 0 Å². The summed E-state index contributed by atoms with van der Waals surface area (Å²) < 4.78 is 0. The predicted molar refractivity (Wildman–Crippen MR) is 93.8 cm³/mol. The van der Waals surface area contributed by atoms with Gasteiger partial charge in [0, 0.05) is 48.0 Å². The van der Waals surface area contributed by atoms with E-state index in [-0.39, 0.29) is 5.91 Å². The van der Waals surface area contributed by atoms with Crippen LogP contribution in [0.2, 0.25) is 5.02 Å². The number of benzene rings is 1. The van der Waals surface area contributed by atoms with E-state index >= 15 is 0 Å². The second-order valence-corrected chi connectivity index (χ2v) is 6.47. The molecule has 0 atom stereocenters. The van der Waals surface area contributed by atoms with Crippen LogP contribution in [-0.4, -0.2) is 27.3 Å². The summed E-state index contributed by atoms with van der Waals surface area (Å²) in [4.78, 5) is 23.3. The maximum Gasteiger partial charge on any atom is 0.227 e. The summed E-state index contributed by atoms with van der Waals surface area (Å²) in [5, 5.41) is 1.70. The number of amides is 1. The van der Waals surface area contributed by atoms with Crippen molar-refractivity contribution in [3.05, 3.63) is 70.6 Å². The maximum atomic E-state index is 12.6. The fraction of sp³-hybridized carbons (Fsp3) is 0.211. The Morgan fingerprint density at radius 3 is 2.88 bits per heavy atom. The predicted octanol–water partition coefficient (Wildman–Crippen LogP) is 3.41. The molecule has 0 saturated carbocycles. The molecule has 0 aliphatic carbocycles. The monoisotopic (exact) mass is 337 g/mol. The Balaban J connectivity index is 1.53. The van der Waals surface area contributed by atoms with E-state index in [1.807, 2.05) is 41.4 Å². The smallest absolute Gasteiger partial charge is 0.227 e. The summed E-state index contributed by atoms with van der Waals surface area (Å²) in [5.41, 5.74) is 4.15. The minimum atomic E-state index is 0.134. The van der Waals surface area contributed by atoms with Gasteiger partial charge in [-0.25, -0.2) is 0 Å². The van der Waals surface area contributed by atoms with Crippen molar-refractivity contribution in [3.8, 4) is 0 Å². The third kappa shape index (κ3) is 2.97. The Kier molecular flexibility index (Phi) is 3.90. The van der Waals surface area contributed by atoms with Crippen LogP contribution in [0.1, 0.15) is 16.8 Å². The molecule has 1 amide bonds. The largest absolute Gasteiger partial charge is 0.338 e. The van der Waals surface area contributed by atoms with E-state index in [9.17, 15) is 4.79 Å². The molecule has 24 heavy (non-hydrogen) atoms. The first-order chi connectivity index (χ1) is 11.7. The molecule has 3 aromatic rings. The van der Waals surface area contributed by atoms with E-state index in [0.29, 0.717) is 24.5 Å². The summed E-state index contributed by atoms with van der Waals surface area (Å²) in [7, 11) is 0. The highest BCUT2D eigenvalue weighted by Gasteiger charge is 2.22. The number of carbonyl (C=O) groups is 1. The number of rotatable bonds is 2. The van der Waals surface area contributed by atoms with Gasteiger partial charge >= 0.3 is 0 Å². The number of fused-ring (bicyclic) bond motifs is 2. The number of nitrogens with zero attached hydrogens (tertiary/aromatic N) is 3. The Hall–Kier alpha value is -2.46. The van der Waals surface area contributed by atoms with E-state index in [0.717, 1.165) is 34.1 Å². The van der Waals surface area contributed by atoms with Crippen LogP contribution in [0.3, 0.4) is 0 Å². The van der Waals surface area contributed by atoms with Crippen LogP contribution < -0.4 is 0 Å². The van der Waals surface area contributed by atoms with Crippen molar-refractivity contribution in [1.29, 1.82) is 0 Å².